The number of nitrogens with one attached hydrogen (secondary N) is 1. The number of hydrogen-bond donors (Lipinski definition) is 1. The lowest BCUT2D eigenvalue weighted by Crippen LogP contribution is -2.44. The minimum Gasteiger partial charge on any atom is -0.374 e. The van der Waals surface area contributed by atoms with Crippen molar-refractivity contribution in [1.29, 1.82) is 0 Å². The van der Waals surface area contributed by atoms with Crippen LogP contribution in [0.1, 0.15) is 52.1 Å². The van der Waals surface area contributed by atoms with Gasteiger partial charge >= 0.3 is 0 Å². The summed E-state index contributed by atoms with van der Waals surface area (Å²) in [5.74, 6) is 0. The zero-order chi connectivity index (χ0) is 15.3. The lowest BCUT2D eigenvalue weighted by Gasteiger charge is -2.38. The van der Waals surface area contributed by atoms with Crippen LogP contribution in [0.3, 0.4) is 0 Å². The second-order valence-corrected chi connectivity index (χ2v) is 6.59. The lowest BCUT2D eigenvalue weighted by atomic mass is 9.87. The number of thiophene rings is 1. The summed E-state index contributed by atoms with van der Waals surface area (Å²) in [7, 11) is 0. The highest BCUT2D eigenvalue weighted by molar-refractivity contribution is 7.17. The second kappa shape index (κ2) is 7.39. The Labute approximate surface area is 132 Å². The standard InChI is InChI=1S/C18H27NOS/c1-5-12-19-17(18(4,6-2)20-7-3)15-10-8-9-14-11-13-21-16(14)15/h8-11,13,17,19H,5-7,12H2,1-4H3. The maximum atomic E-state index is 6.16. The van der Waals surface area contributed by atoms with Gasteiger partial charge in [-0.15, -0.1) is 11.3 Å². The number of fused-ring (bicyclic) bond motifs is 1. The monoisotopic (exact) mass is 305 g/mol. The van der Waals surface area contributed by atoms with Gasteiger partial charge in [-0.2, -0.15) is 0 Å². The fraction of sp³-hybridized carbons (Fsp3) is 0.556. The Morgan fingerprint density at radius 3 is 2.71 bits per heavy atom. The average Bonchev–Trinajstić information content (AvgIpc) is 2.97. The third-order valence-corrected chi connectivity index (χ3v) is 5.18. The highest BCUT2D eigenvalue weighted by Gasteiger charge is 2.35. The van der Waals surface area contributed by atoms with E-state index < -0.39 is 0 Å². The Morgan fingerprint density at radius 2 is 2.05 bits per heavy atom. The molecule has 2 atom stereocenters. The molecule has 0 spiro atoms. The highest BCUT2D eigenvalue weighted by atomic mass is 32.1. The first-order valence-corrected chi connectivity index (χ1v) is 8.87. The summed E-state index contributed by atoms with van der Waals surface area (Å²) in [4.78, 5) is 0. The van der Waals surface area contributed by atoms with E-state index in [-0.39, 0.29) is 11.6 Å². The molecule has 0 aliphatic rings. The molecule has 3 heteroatoms. The van der Waals surface area contributed by atoms with Gasteiger partial charge in [-0.1, -0.05) is 32.0 Å². The van der Waals surface area contributed by atoms with Gasteiger partial charge in [0.2, 0.25) is 0 Å². The summed E-state index contributed by atoms with van der Waals surface area (Å²) in [6.45, 7) is 10.5. The topological polar surface area (TPSA) is 21.3 Å². The van der Waals surface area contributed by atoms with Crippen LogP contribution in [0.25, 0.3) is 10.1 Å². The first-order chi connectivity index (χ1) is 10.2. The van der Waals surface area contributed by atoms with Crippen LogP contribution in [0.2, 0.25) is 0 Å². The predicted octanol–water partition coefficient (Wildman–Crippen LogP) is 5.15. The molecule has 0 radical (unpaired) electrons. The van der Waals surface area contributed by atoms with Crippen molar-refractivity contribution < 1.29 is 4.74 Å². The van der Waals surface area contributed by atoms with Crippen LogP contribution >= 0.6 is 11.3 Å². The number of benzene rings is 1. The molecule has 1 heterocycles. The molecule has 116 valence electrons. The first kappa shape index (κ1) is 16.5. The van der Waals surface area contributed by atoms with Crippen LogP contribution < -0.4 is 5.32 Å². The predicted molar refractivity (Wildman–Crippen MR) is 93.2 cm³/mol. The molecule has 0 aliphatic carbocycles. The molecule has 2 nitrogen and oxygen atoms in total. The molecule has 0 amide bonds. The van der Waals surface area contributed by atoms with E-state index in [0.29, 0.717) is 0 Å². The Bertz CT molecular complexity index is 565. The SMILES string of the molecule is CCCNC(c1cccc2ccsc12)C(C)(CC)OCC. The van der Waals surface area contributed by atoms with Gasteiger partial charge in [-0.25, -0.2) is 0 Å². The van der Waals surface area contributed by atoms with E-state index in [1.165, 1.54) is 15.6 Å². The average molecular weight is 305 g/mol. The molecular formula is C18H27NOS. The number of hydrogen-bond acceptors (Lipinski definition) is 3. The first-order valence-electron chi connectivity index (χ1n) is 7.99. The number of ether oxygens (including phenoxy) is 1. The van der Waals surface area contributed by atoms with Crippen molar-refractivity contribution in [3.63, 3.8) is 0 Å². The Balaban J connectivity index is 2.46. The van der Waals surface area contributed by atoms with Crippen molar-refractivity contribution in [1.82, 2.24) is 5.32 Å². The van der Waals surface area contributed by atoms with Crippen LogP contribution in [-0.4, -0.2) is 18.8 Å². The molecule has 1 aromatic carbocycles. The molecule has 2 aromatic rings. The molecule has 0 bridgehead atoms. The summed E-state index contributed by atoms with van der Waals surface area (Å²) in [5.41, 5.74) is 1.19. The summed E-state index contributed by atoms with van der Waals surface area (Å²) in [6.07, 6.45) is 2.12. The Kier molecular flexibility index (Phi) is 5.80. The minimum atomic E-state index is -0.178. The third-order valence-electron chi connectivity index (χ3n) is 4.21. The Morgan fingerprint density at radius 1 is 1.24 bits per heavy atom. The molecule has 0 fully saturated rings. The molecular weight excluding hydrogens is 278 g/mol. The van der Waals surface area contributed by atoms with Crippen molar-refractivity contribution in [3.8, 4) is 0 Å². The molecule has 21 heavy (non-hydrogen) atoms. The van der Waals surface area contributed by atoms with Gasteiger partial charge in [0.05, 0.1) is 11.6 Å². The van der Waals surface area contributed by atoms with E-state index in [1.807, 2.05) is 11.3 Å². The van der Waals surface area contributed by atoms with Gasteiger partial charge in [0.15, 0.2) is 0 Å². The van der Waals surface area contributed by atoms with E-state index in [2.05, 4.69) is 62.7 Å². The minimum absolute atomic E-state index is 0.178. The van der Waals surface area contributed by atoms with E-state index in [4.69, 9.17) is 4.74 Å². The zero-order valence-electron chi connectivity index (χ0n) is 13.6. The number of rotatable bonds is 8. The molecule has 0 aliphatic heterocycles. The fourth-order valence-corrected chi connectivity index (χ4v) is 3.85. The van der Waals surface area contributed by atoms with Gasteiger partial charge in [0, 0.05) is 11.3 Å². The van der Waals surface area contributed by atoms with Crippen molar-refractivity contribution in [2.75, 3.05) is 13.2 Å². The zero-order valence-corrected chi connectivity index (χ0v) is 14.4. The smallest absolute Gasteiger partial charge is 0.0846 e. The van der Waals surface area contributed by atoms with Crippen LogP contribution in [0.15, 0.2) is 29.6 Å². The molecule has 1 N–H and O–H groups in total. The Hall–Kier alpha value is -0.900. The van der Waals surface area contributed by atoms with Crippen molar-refractivity contribution in [2.45, 2.75) is 52.2 Å². The molecule has 2 rings (SSSR count). The third kappa shape index (κ3) is 3.47. The van der Waals surface area contributed by atoms with Crippen molar-refractivity contribution >= 4 is 21.4 Å². The summed E-state index contributed by atoms with van der Waals surface area (Å²) >= 11 is 1.82. The molecule has 0 saturated carbocycles. The van der Waals surface area contributed by atoms with Gasteiger partial charge in [0.25, 0.3) is 0 Å². The van der Waals surface area contributed by atoms with Gasteiger partial charge in [0.1, 0.15) is 0 Å². The van der Waals surface area contributed by atoms with Crippen LogP contribution in [0.4, 0.5) is 0 Å². The summed E-state index contributed by atoms with van der Waals surface area (Å²) in [5, 5.41) is 7.23. The fourth-order valence-electron chi connectivity index (χ4n) is 2.91. The molecule has 0 saturated heterocycles. The molecule has 1 aromatic heterocycles. The quantitative estimate of drug-likeness (QED) is 0.728. The summed E-state index contributed by atoms with van der Waals surface area (Å²) < 4.78 is 7.54. The van der Waals surface area contributed by atoms with Crippen molar-refractivity contribution in [3.05, 3.63) is 35.2 Å². The van der Waals surface area contributed by atoms with Crippen LogP contribution in [0.5, 0.6) is 0 Å². The van der Waals surface area contributed by atoms with Crippen LogP contribution in [0, 0.1) is 0 Å². The second-order valence-electron chi connectivity index (χ2n) is 5.67. The van der Waals surface area contributed by atoms with Gasteiger partial charge in [-0.05, 0) is 55.6 Å². The van der Waals surface area contributed by atoms with Gasteiger partial charge in [-0.3, -0.25) is 0 Å². The van der Waals surface area contributed by atoms with Crippen molar-refractivity contribution in [2.24, 2.45) is 0 Å². The summed E-state index contributed by atoms with van der Waals surface area (Å²) in [6, 6.07) is 9.02. The largest absolute Gasteiger partial charge is 0.374 e. The van der Waals surface area contributed by atoms with E-state index in [9.17, 15) is 0 Å². The lowest BCUT2D eigenvalue weighted by molar-refractivity contribution is -0.0559. The normalized spacial score (nSPS) is 16.0. The van der Waals surface area contributed by atoms with E-state index in [0.717, 1.165) is 26.0 Å². The maximum absolute atomic E-state index is 6.16. The van der Waals surface area contributed by atoms with Crippen LogP contribution in [-0.2, 0) is 4.74 Å². The maximum Gasteiger partial charge on any atom is 0.0846 e. The highest BCUT2D eigenvalue weighted by Crippen LogP contribution is 2.37. The molecule has 2 unspecified atom stereocenters. The van der Waals surface area contributed by atoms with Gasteiger partial charge < -0.3 is 10.1 Å². The van der Waals surface area contributed by atoms with E-state index in [1.54, 1.807) is 0 Å². The van der Waals surface area contributed by atoms with E-state index >= 15 is 0 Å².